The molecule has 9 heteroatoms. The zero-order chi connectivity index (χ0) is 20.8. The van der Waals surface area contributed by atoms with Gasteiger partial charge in [-0.05, 0) is 30.7 Å². The third kappa shape index (κ3) is 4.69. The molecule has 0 fully saturated rings. The normalized spacial score (nSPS) is 11.8. The number of amides is 1. The van der Waals surface area contributed by atoms with Gasteiger partial charge in [0.05, 0.1) is 11.8 Å². The number of hydrogen-bond acceptors (Lipinski definition) is 7. The first kappa shape index (κ1) is 19.7. The van der Waals surface area contributed by atoms with Crippen LogP contribution in [0.2, 0.25) is 0 Å². The minimum absolute atomic E-state index is 0.203. The zero-order valence-electron chi connectivity index (χ0n) is 16.2. The van der Waals surface area contributed by atoms with E-state index in [9.17, 15) is 4.79 Å². The molecule has 0 saturated heterocycles. The van der Waals surface area contributed by atoms with E-state index in [0.29, 0.717) is 11.7 Å². The number of benzene rings is 1. The van der Waals surface area contributed by atoms with Crippen molar-refractivity contribution < 1.29 is 4.79 Å². The molecule has 0 aliphatic heterocycles. The fourth-order valence-corrected chi connectivity index (χ4v) is 3.63. The summed E-state index contributed by atoms with van der Waals surface area (Å²) in [6, 6.07) is 15.5. The molecule has 3 aromatic heterocycles. The number of anilines is 1. The number of nitrogens with one attached hydrogen (secondary N) is 1. The van der Waals surface area contributed by atoms with E-state index in [2.05, 4.69) is 30.5 Å². The van der Waals surface area contributed by atoms with Gasteiger partial charge >= 0.3 is 0 Å². The van der Waals surface area contributed by atoms with E-state index < -0.39 is 5.25 Å². The third-order valence-electron chi connectivity index (χ3n) is 4.29. The molecule has 1 aromatic carbocycles. The minimum Gasteiger partial charge on any atom is -0.298 e. The Morgan fingerprint density at radius 2 is 1.73 bits per heavy atom. The molecule has 3 heterocycles. The van der Waals surface area contributed by atoms with Gasteiger partial charge in [0.15, 0.2) is 11.0 Å². The molecule has 1 unspecified atom stereocenters. The molecule has 1 atom stereocenters. The summed E-state index contributed by atoms with van der Waals surface area (Å²) in [6.07, 6.45) is 6.61. The Kier molecular flexibility index (Phi) is 6.09. The van der Waals surface area contributed by atoms with E-state index in [1.165, 1.54) is 11.8 Å². The van der Waals surface area contributed by atoms with Crippen LogP contribution in [0.3, 0.4) is 0 Å². The van der Waals surface area contributed by atoms with Gasteiger partial charge in [0.25, 0.3) is 0 Å². The molecule has 0 aliphatic rings. The Morgan fingerprint density at radius 3 is 2.47 bits per heavy atom. The van der Waals surface area contributed by atoms with Gasteiger partial charge in [0.2, 0.25) is 11.9 Å². The number of pyridine rings is 1. The van der Waals surface area contributed by atoms with Crippen molar-refractivity contribution in [2.24, 2.45) is 0 Å². The quantitative estimate of drug-likeness (QED) is 0.461. The van der Waals surface area contributed by atoms with Crippen LogP contribution in [0.25, 0.3) is 11.4 Å². The number of hydrogen-bond donors (Lipinski definition) is 1. The Balaban J connectivity index is 1.59. The van der Waals surface area contributed by atoms with Gasteiger partial charge in [-0.1, -0.05) is 42.1 Å². The molecular formula is C21H19N7OS. The van der Waals surface area contributed by atoms with Crippen LogP contribution in [0.1, 0.15) is 12.5 Å². The van der Waals surface area contributed by atoms with Gasteiger partial charge in [0, 0.05) is 30.4 Å². The molecule has 1 amide bonds. The number of carbonyl (C=O) groups excluding carboxylic acids is 1. The van der Waals surface area contributed by atoms with Crippen LogP contribution in [0, 0.1) is 0 Å². The summed E-state index contributed by atoms with van der Waals surface area (Å²) in [6.45, 7) is 2.40. The van der Waals surface area contributed by atoms with Gasteiger partial charge in [-0.2, -0.15) is 0 Å². The van der Waals surface area contributed by atoms with Crippen LogP contribution in [0.5, 0.6) is 0 Å². The molecule has 4 aromatic rings. The highest BCUT2D eigenvalue weighted by atomic mass is 32.2. The van der Waals surface area contributed by atoms with Crippen molar-refractivity contribution >= 4 is 23.6 Å². The summed E-state index contributed by atoms with van der Waals surface area (Å²) in [4.78, 5) is 24.7. The smallest absolute Gasteiger partial charge is 0.240 e. The molecule has 150 valence electrons. The van der Waals surface area contributed by atoms with Crippen LogP contribution < -0.4 is 5.32 Å². The van der Waals surface area contributed by atoms with E-state index in [-0.39, 0.29) is 11.9 Å². The van der Waals surface area contributed by atoms with E-state index in [1.54, 1.807) is 30.9 Å². The van der Waals surface area contributed by atoms with E-state index in [4.69, 9.17) is 0 Å². The van der Waals surface area contributed by atoms with Crippen molar-refractivity contribution in [3.63, 3.8) is 0 Å². The van der Waals surface area contributed by atoms with E-state index in [0.717, 1.165) is 17.0 Å². The average molecular weight is 417 g/mol. The Morgan fingerprint density at radius 1 is 1.00 bits per heavy atom. The van der Waals surface area contributed by atoms with Crippen LogP contribution >= 0.6 is 11.8 Å². The van der Waals surface area contributed by atoms with Crippen LogP contribution in [-0.2, 0) is 11.3 Å². The summed E-state index contributed by atoms with van der Waals surface area (Å²) in [5.41, 5.74) is 2.03. The van der Waals surface area contributed by atoms with Gasteiger partial charge in [0.1, 0.15) is 0 Å². The topological polar surface area (TPSA) is 98.5 Å². The fourth-order valence-electron chi connectivity index (χ4n) is 2.79. The zero-order valence-corrected chi connectivity index (χ0v) is 17.0. The van der Waals surface area contributed by atoms with Gasteiger partial charge < -0.3 is 0 Å². The second kappa shape index (κ2) is 9.27. The average Bonchev–Trinajstić information content (AvgIpc) is 3.17. The first-order valence-corrected chi connectivity index (χ1v) is 10.2. The predicted octanol–water partition coefficient (Wildman–Crippen LogP) is 3.30. The molecule has 1 N–H and O–H groups in total. The molecule has 0 aliphatic carbocycles. The Hall–Kier alpha value is -3.59. The maximum Gasteiger partial charge on any atom is 0.240 e. The molecule has 4 rings (SSSR count). The second-order valence-corrected chi connectivity index (χ2v) is 7.74. The maximum atomic E-state index is 12.6. The number of carbonyl (C=O) groups is 1. The predicted molar refractivity (Wildman–Crippen MR) is 115 cm³/mol. The fraction of sp³-hybridized carbons (Fsp3) is 0.143. The largest absolute Gasteiger partial charge is 0.298 e. The van der Waals surface area contributed by atoms with Crippen molar-refractivity contribution in [3.05, 3.63) is 78.9 Å². The van der Waals surface area contributed by atoms with E-state index in [1.807, 2.05) is 54.0 Å². The number of nitrogens with zero attached hydrogens (tertiary/aromatic N) is 6. The molecule has 0 saturated carbocycles. The lowest BCUT2D eigenvalue weighted by Crippen LogP contribution is -2.24. The van der Waals surface area contributed by atoms with Crippen molar-refractivity contribution in [1.29, 1.82) is 0 Å². The lowest BCUT2D eigenvalue weighted by molar-refractivity contribution is -0.115. The Bertz CT molecular complexity index is 1100. The molecule has 0 spiro atoms. The highest BCUT2D eigenvalue weighted by Crippen LogP contribution is 2.28. The van der Waals surface area contributed by atoms with Crippen LogP contribution in [0.4, 0.5) is 5.95 Å². The second-order valence-electron chi connectivity index (χ2n) is 6.44. The highest BCUT2D eigenvalue weighted by Gasteiger charge is 2.21. The summed E-state index contributed by atoms with van der Waals surface area (Å²) in [7, 11) is 0. The van der Waals surface area contributed by atoms with Crippen molar-refractivity contribution in [2.75, 3.05) is 5.32 Å². The standard InChI is InChI=1S/C21H19N7OS/c1-15(19(29)25-20-23-10-5-11-24-20)30-21-27-26-18(17-8-12-22-13-9-17)28(21)14-16-6-3-2-4-7-16/h2-13,15H,14H2,1H3,(H,23,24,25,29). The lowest BCUT2D eigenvalue weighted by Gasteiger charge is -2.13. The minimum atomic E-state index is -0.419. The van der Waals surface area contributed by atoms with Gasteiger partial charge in [-0.25, -0.2) is 9.97 Å². The van der Waals surface area contributed by atoms with Crippen molar-refractivity contribution in [2.45, 2.75) is 23.9 Å². The molecule has 8 nitrogen and oxygen atoms in total. The molecule has 0 bridgehead atoms. The molecular weight excluding hydrogens is 398 g/mol. The van der Waals surface area contributed by atoms with Crippen molar-refractivity contribution in [3.8, 4) is 11.4 Å². The monoisotopic (exact) mass is 417 g/mol. The van der Waals surface area contributed by atoms with Gasteiger partial charge in [-0.3, -0.25) is 19.7 Å². The number of aromatic nitrogens is 6. The third-order valence-corrected chi connectivity index (χ3v) is 5.37. The summed E-state index contributed by atoms with van der Waals surface area (Å²) in [5, 5.41) is 11.7. The number of thioether (sulfide) groups is 1. The lowest BCUT2D eigenvalue weighted by atomic mass is 10.2. The summed E-state index contributed by atoms with van der Waals surface area (Å²) >= 11 is 1.34. The van der Waals surface area contributed by atoms with Crippen LogP contribution in [-0.4, -0.2) is 40.9 Å². The van der Waals surface area contributed by atoms with Crippen LogP contribution in [0.15, 0.2) is 78.5 Å². The summed E-state index contributed by atoms with van der Waals surface area (Å²) < 4.78 is 2.01. The first-order valence-electron chi connectivity index (χ1n) is 9.33. The highest BCUT2D eigenvalue weighted by molar-refractivity contribution is 8.00. The number of rotatable bonds is 7. The molecule has 0 radical (unpaired) electrons. The Labute approximate surface area is 177 Å². The first-order chi connectivity index (χ1) is 14.7. The molecule has 30 heavy (non-hydrogen) atoms. The maximum absolute atomic E-state index is 12.6. The van der Waals surface area contributed by atoms with Gasteiger partial charge in [-0.15, -0.1) is 10.2 Å². The van der Waals surface area contributed by atoms with Crippen molar-refractivity contribution in [1.82, 2.24) is 29.7 Å². The summed E-state index contributed by atoms with van der Waals surface area (Å²) in [5.74, 6) is 0.798. The van der Waals surface area contributed by atoms with E-state index >= 15 is 0 Å². The SMILES string of the molecule is CC(Sc1nnc(-c2ccncc2)n1Cc1ccccc1)C(=O)Nc1ncccn1.